The summed E-state index contributed by atoms with van der Waals surface area (Å²) in [7, 11) is -3.43. The summed E-state index contributed by atoms with van der Waals surface area (Å²) in [5.41, 5.74) is 7.63. The van der Waals surface area contributed by atoms with Crippen LogP contribution in [0.15, 0.2) is 48.7 Å². The molecule has 0 spiro atoms. The molecule has 0 saturated heterocycles. The molecule has 112 valence electrons. The Labute approximate surface area is 125 Å². The summed E-state index contributed by atoms with van der Waals surface area (Å²) in [5.74, 6) is 0.00614. The van der Waals surface area contributed by atoms with Gasteiger partial charge in [0, 0.05) is 24.9 Å². The van der Waals surface area contributed by atoms with Crippen LogP contribution in [0.5, 0.6) is 0 Å². The van der Waals surface area contributed by atoms with Crippen LogP contribution in [0.2, 0.25) is 0 Å². The highest BCUT2D eigenvalue weighted by Gasteiger charge is 2.22. The molecule has 0 atom stereocenters. The highest BCUT2D eigenvalue weighted by molar-refractivity contribution is 7.92. The van der Waals surface area contributed by atoms with Gasteiger partial charge in [0.1, 0.15) is 0 Å². The predicted molar refractivity (Wildman–Crippen MR) is 85.6 cm³/mol. The first-order valence-electron chi connectivity index (χ1n) is 6.79. The third-order valence-corrected chi connectivity index (χ3v) is 5.02. The number of nitrogens with zero attached hydrogens (tertiary/aromatic N) is 2. The van der Waals surface area contributed by atoms with Crippen molar-refractivity contribution in [3.63, 3.8) is 0 Å². The van der Waals surface area contributed by atoms with Gasteiger partial charge in [-0.15, -0.1) is 0 Å². The molecule has 1 aromatic carbocycles. The van der Waals surface area contributed by atoms with Crippen molar-refractivity contribution in [2.75, 3.05) is 22.3 Å². The van der Waals surface area contributed by atoms with Crippen molar-refractivity contribution < 1.29 is 8.42 Å². The van der Waals surface area contributed by atoms with Crippen molar-refractivity contribution in [3.05, 3.63) is 54.4 Å². The SMILES string of the molecule is CCN(c1ccccc1N)S(=O)(=O)CCc1ccccn1. The number of aryl methyl sites for hydroxylation is 1. The van der Waals surface area contributed by atoms with Crippen molar-refractivity contribution in [1.82, 2.24) is 4.98 Å². The number of pyridine rings is 1. The molecule has 2 aromatic rings. The third-order valence-electron chi connectivity index (χ3n) is 3.17. The van der Waals surface area contributed by atoms with Crippen molar-refractivity contribution >= 4 is 21.4 Å². The zero-order chi connectivity index (χ0) is 15.3. The zero-order valence-corrected chi connectivity index (χ0v) is 12.8. The van der Waals surface area contributed by atoms with Gasteiger partial charge in [-0.1, -0.05) is 18.2 Å². The molecule has 0 radical (unpaired) electrons. The Balaban J connectivity index is 2.19. The lowest BCUT2D eigenvalue weighted by atomic mass is 10.3. The molecular weight excluding hydrogens is 286 g/mol. The van der Waals surface area contributed by atoms with Gasteiger partial charge in [-0.25, -0.2) is 8.42 Å². The summed E-state index contributed by atoms with van der Waals surface area (Å²) < 4.78 is 26.4. The van der Waals surface area contributed by atoms with E-state index in [0.29, 0.717) is 24.3 Å². The standard InChI is InChI=1S/C15H19N3O2S/c1-2-18(15-9-4-3-8-14(15)16)21(19,20)12-10-13-7-5-6-11-17-13/h3-9,11H,2,10,12,16H2,1H3. The summed E-state index contributed by atoms with van der Waals surface area (Å²) in [4.78, 5) is 4.15. The van der Waals surface area contributed by atoms with Gasteiger partial charge in [0.15, 0.2) is 0 Å². The van der Waals surface area contributed by atoms with Crippen LogP contribution in [0, 0.1) is 0 Å². The van der Waals surface area contributed by atoms with E-state index in [4.69, 9.17) is 5.73 Å². The lowest BCUT2D eigenvalue weighted by Gasteiger charge is -2.24. The lowest BCUT2D eigenvalue weighted by molar-refractivity contribution is 0.591. The van der Waals surface area contributed by atoms with Crippen molar-refractivity contribution in [2.24, 2.45) is 0 Å². The van der Waals surface area contributed by atoms with E-state index < -0.39 is 10.0 Å². The van der Waals surface area contributed by atoms with E-state index in [1.807, 2.05) is 12.1 Å². The monoisotopic (exact) mass is 305 g/mol. The minimum Gasteiger partial charge on any atom is -0.397 e. The molecule has 0 fully saturated rings. The Morgan fingerprint density at radius 3 is 2.48 bits per heavy atom. The second kappa shape index (κ2) is 6.58. The Kier molecular flexibility index (Phi) is 4.80. The number of sulfonamides is 1. The Morgan fingerprint density at radius 1 is 1.14 bits per heavy atom. The number of nitrogens with two attached hydrogens (primary N) is 1. The highest BCUT2D eigenvalue weighted by atomic mass is 32.2. The number of hydrogen-bond donors (Lipinski definition) is 1. The smallest absolute Gasteiger partial charge is 0.235 e. The van der Waals surface area contributed by atoms with E-state index in [-0.39, 0.29) is 5.75 Å². The maximum absolute atomic E-state index is 12.5. The molecule has 0 aliphatic heterocycles. The molecule has 0 unspecified atom stereocenters. The maximum Gasteiger partial charge on any atom is 0.235 e. The number of hydrogen-bond acceptors (Lipinski definition) is 4. The van der Waals surface area contributed by atoms with E-state index in [2.05, 4.69) is 4.98 Å². The topological polar surface area (TPSA) is 76.3 Å². The fourth-order valence-corrected chi connectivity index (χ4v) is 3.67. The highest BCUT2D eigenvalue weighted by Crippen LogP contribution is 2.25. The number of anilines is 2. The first-order valence-corrected chi connectivity index (χ1v) is 8.40. The Bertz CT molecular complexity index is 687. The molecule has 1 aromatic heterocycles. The summed E-state index contributed by atoms with van der Waals surface area (Å²) in [6.07, 6.45) is 2.04. The van der Waals surface area contributed by atoms with Gasteiger partial charge in [0.25, 0.3) is 0 Å². The minimum atomic E-state index is -3.43. The van der Waals surface area contributed by atoms with E-state index >= 15 is 0 Å². The molecule has 6 heteroatoms. The molecule has 21 heavy (non-hydrogen) atoms. The minimum absolute atomic E-state index is 0.00614. The van der Waals surface area contributed by atoms with Crippen LogP contribution in [0.3, 0.4) is 0 Å². The number of nitrogen functional groups attached to an aromatic ring is 1. The van der Waals surface area contributed by atoms with Gasteiger partial charge < -0.3 is 5.73 Å². The van der Waals surface area contributed by atoms with Crippen molar-refractivity contribution in [2.45, 2.75) is 13.3 Å². The first kappa shape index (κ1) is 15.3. The fraction of sp³-hybridized carbons (Fsp3) is 0.267. The normalized spacial score (nSPS) is 11.3. The van der Waals surface area contributed by atoms with Crippen LogP contribution in [0.1, 0.15) is 12.6 Å². The predicted octanol–water partition coefficient (Wildman–Crippen LogP) is 2.06. The van der Waals surface area contributed by atoms with E-state index in [1.165, 1.54) is 4.31 Å². The zero-order valence-electron chi connectivity index (χ0n) is 11.9. The molecule has 0 aliphatic rings. The number of rotatable bonds is 6. The molecule has 0 bridgehead atoms. The molecular formula is C15H19N3O2S. The average molecular weight is 305 g/mol. The molecule has 0 saturated carbocycles. The maximum atomic E-state index is 12.5. The molecule has 0 amide bonds. The Hall–Kier alpha value is -2.08. The van der Waals surface area contributed by atoms with Crippen LogP contribution in [-0.2, 0) is 16.4 Å². The third kappa shape index (κ3) is 3.72. The average Bonchev–Trinajstić information content (AvgIpc) is 2.49. The van der Waals surface area contributed by atoms with Crippen LogP contribution in [-0.4, -0.2) is 25.7 Å². The van der Waals surface area contributed by atoms with E-state index in [0.717, 1.165) is 5.69 Å². The number of benzene rings is 1. The molecule has 2 N–H and O–H groups in total. The number of aromatic nitrogens is 1. The molecule has 0 aliphatic carbocycles. The number of para-hydroxylation sites is 2. The van der Waals surface area contributed by atoms with Gasteiger partial charge in [0.05, 0.1) is 17.1 Å². The summed E-state index contributed by atoms with van der Waals surface area (Å²) in [6, 6.07) is 12.5. The molecule has 1 heterocycles. The van der Waals surface area contributed by atoms with Crippen molar-refractivity contribution in [3.8, 4) is 0 Å². The quantitative estimate of drug-likeness (QED) is 0.829. The lowest BCUT2D eigenvalue weighted by Crippen LogP contribution is -2.34. The van der Waals surface area contributed by atoms with Gasteiger partial charge in [-0.3, -0.25) is 9.29 Å². The first-order chi connectivity index (χ1) is 10.0. The molecule has 5 nitrogen and oxygen atoms in total. The van der Waals surface area contributed by atoms with Crippen molar-refractivity contribution in [1.29, 1.82) is 0 Å². The van der Waals surface area contributed by atoms with E-state index in [1.54, 1.807) is 43.5 Å². The van der Waals surface area contributed by atoms with Gasteiger partial charge in [-0.2, -0.15) is 0 Å². The summed E-state index contributed by atoms with van der Waals surface area (Å²) in [6.45, 7) is 2.14. The Morgan fingerprint density at radius 2 is 1.86 bits per heavy atom. The van der Waals surface area contributed by atoms with Gasteiger partial charge >= 0.3 is 0 Å². The largest absolute Gasteiger partial charge is 0.397 e. The van der Waals surface area contributed by atoms with E-state index in [9.17, 15) is 8.42 Å². The van der Waals surface area contributed by atoms with Crippen LogP contribution < -0.4 is 10.0 Å². The fourth-order valence-electron chi connectivity index (χ4n) is 2.12. The summed E-state index contributed by atoms with van der Waals surface area (Å²) >= 11 is 0. The summed E-state index contributed by atoms with van der Waals surface area (Å²) in [5, 5.41) is 0. The second-order valence-electron chi connectivity index (χ2n) is 4.61. The van der Waals surface area contributed by atoms with Crippen LogP contribution in [0.4, 0.5) is 11.4 Å². The second-order valence-corrected chi connectivity index (χ2v) is 6.62. The van der Waals surface area contributed by atoms with Gasteiger partial charge in [0.2, 0.25) is 10.0 Å². The molecule has 2 rings (SSSR count). The van der Waals surface area contributed by atoms with Crippen LogP contribution >= 0.6 is 0 Å². The van der Waals surface area contributed by atoms with Crippen LogP contribution in [0.25, 0.3) is 0 Å². The van der Waals surface area contributed by atoms with Gasteiger partial charge in [-0.05, 0) is 31.2 Å².